The Balaban J connectivity index is 1.24. The zero-order valence-electron chi connectivity index (χ0n) is 23.2. The van der Waals surface area contributed by atoms with E-state index >= 15 is 0 Å². The Bertz CT molecular complexity index is 1390. The van der Waals surface area contributed by atoms with Crippen LogP contribution in [0.4, 0.5) is 17.6 Å². The number of piperidine rings is 2. The lowest BCUT2D eigenvalue weighted by molar-refractivity contribution is -0.173. The van der Waals surface area contributed by atoms with E-state index in [0.29, 0.717) is 48.7 Å². The Labute approximate surface area is 237 Å². The predicted molar refractivity (Wildman–Crippen MR) is 149 cm³/mol. The molecule has 10 heteroatoms. The van der Waals surface area contributed by atoms with Gasteiger partial charge in [-0.15, -0.1) is 0 Å². The van der Waals surface area contributed by atoms with Crippen LogP contribution < -0.4 is 5.32 Å². The number of para-hydroxylation sites is 1. The average molecular weight is 573 g/mol. The maximum Gasteiger partial charge on any atom is 0.471 e. The molecular formula is C31H36F4N4O2. The Kier molecular flexibility index (Phi) is 8.68. The highest BCUT2D eigenvalue weighted by Crippen LogP contribution is 2.32. The SMILES string of the molecule is CN1CCCCC1CCn1cc(C(=O)N2CCC(c3cc(CNC(=O)C(F)(F)F)ccc3F)CC2)c2ccccc21. The van der Waals surface area contributed by atoms with Gasteiger partial charge in [-0.05, 0) is 74.9 Å². The summed E-state index contributed by atoms with van der Waals surface area (Å²) >= 11 is 0. The van der Waals surface area contributed by atoms with Crippen molar-refractivity contribution >= 4 is 22.7 Å². The normalized spacial score (nSPS) is 19.0. The summed E-state index contributed by atoms with van der Waals surface area (Å²) in [6.07, 6.45) is 2.79. The van der Waals surface area contributed by atoms with Crippen molar-refractivity contribution in [2.24, 2.45) is 0 Å². The highest BCUT2D eigenvalue weighted by atomic mass is 19.4. The van der Waals surface area contributed by atoms with Crippen LogP contribution >= 0.6 is 0 Å². The third-order valence-electron chi connectivity index (χ3n) is 8.64. The monoisotopic (exact) mass is 572 g/mol. The summed E-state index contributed by atoms with van der Waals surface area (Å²) < 4.78 is 54.5. The minimum absolute atomic E-state index is 0.0442. The Morgan fingerprint density at radius 2 is 1.76 bits per heavy atom. The van der Waals surface area contributed by atoms with Crippen LogP contribution in [-0.4, -0.2) is 65.1 Å². The Morgan fingerprint density at radius 1 is 1.00 bits per heavy atom. The molecule has 3 heterocycles. The largest absolute Gasteiger partial charge is 0.471 e. The maximum atomic E-state index is 14.7. The van der Waals surface area contributed by atoms with Gasteiger partial charge in [-0.2, -0.15) is 13.2 Å². The number of alkyl halides is 3. The summed E-state index contributed by atoms with van der Waals surface area (Å²) in [5.74, 6) is -2.69. The van der Waals surface area contributed by atoms with E-state index in [-0.39, 0.29) is 18.4 Å². The van der Waals surface area contributed by atoms with Crippen LogP contribution in [0.15, 0.2) is 48.7 Å². The summed E-state index contributed by atoms with van der Waals surface area (Å²) in [5, 5.41) is 2.76. The summed E-state index contributed by atoms with van der Waals surface area (Å²) in [4.78, 5) is 29.1. The fourth-order valence-corrected chi connectivity index (χ4v) is 6.26. The summed E-state index contributed by atoms with van der Waals surface area (Å²) in [6, 6.07) is 12.6. The second-order valence-corrected chi connectivity index (χ2v) is 11.3. The molecule has 41 heavy (non-hydrogen) atoms. The topological polar surface area (TPSA) is 57.6 Å². The van der Waals surface area contributed by atoms with Crippen molar-refractivity contribution in [2.45, 2.75) is 69.8 Å². The number of nitrogens with one attached hydrogen (secondary N) is 1. The highest BCUT2D eigenvalue weighted by Gasteiger charge is 2.38. The summed E-state index contributed by atoms with van der Waals surface area (Å²) in [6.45, 7) is 2.52. The standard InChI is InChI=1S/C31H36F4N4O2/c1-37-14-5-4-6-23(37)13-17-39-20-26(24-7-2-3-8-28(24)39)29(40)38-15-11-22(12-16-38)25-18-21(9-10-27(25)32)19-36-30(41)31(33,34)35/h2-3,7-10,18,20,22-23H,4-6,11-17,19H2,1H3,(H,36,41). The number of benzene rings is 2. The molecule has 2 aliphatic rings. The van der Waals surface area contributed by atoms with Gasteiger partial charge in [0.05, 0.1) is 5.56 Å². The molecule has 3 aromatic rings. The van der Waals surface area contributed by atoms with E-state index in [1.165, 1.54) is 37.5 Å². The van der Waals surface area contributed by atoms with E-state index < -0.39 is 17.9 Å². The molecule has 2 aromatic carbocycles. The highest BCUT2D eigenvalue weighted by molar-refractivity contribution is 6.07. The van der Waals surface area contributed by atoms with Crippen LogP contribution in [0.1, 0.15) is 65.9 Å². The number of amides is 2. The van der Waals surface area contributed by atoms with Gasteiger partial charge in [0, 0.05) is 49.3 Å². The van der Waals surface area contributed by atoms with Crippen LogP contribution in [-0.2, 0) is 17.9 Å². The van der Waals surface area contributed by atoms with Crippen molar-refractivity contribution in [3.8, 4) is 0 Å². The number of halogens is 4. The van der Waals surface area contributed by atoms with Gasteiger partial charge in [-0.25, -0.2) is 4.39 Å². The Morgan fingerprint density at radius 3 is 2.49 bits per heavy atom. The second-order valence-electron chi connectivity index (χ2n) is 11.3. The van der Waals surface area contributed by atoms with Gasteiger partial charge in [0.15, 0.2) is 0 Å². The lowest BCUT2D eigenvalue weighted by Gasteiger charge is -2.32. The molecule has 2 fully saturated rings. The smallest absolute Gasteiger partial charge is 0.347 e. The molecule has 5 rings (SSSR count). The van der Waals surface area contributed by atoms with E-state index in [9.17, 15) is 27.2 Å². The number of carbonyl (C=O) groups excluding carboxylic acids is 2. The van der Waals surface area contributed by atoms with Gasteiger partial charge in [-0.3, -0.25) is 9.59 Å². The number of nitrogens with zero attached hydrogens (tertiary/aromatic N) is 3. The number of rotatable bonds is 7. The first-order valence-corrected chi connectivity index (χ1v) is 14.3. The molecule has 0 aliphatic carbocycles. The molecule has 0 bridgehead atoms. The summed E-state index contributed by atoms with van der Waals surface area (Å²) in [7, 11) is 2.18. The van der Waals surface area contributed by atoms with Crippen LogP contribution in [0, 0.1) is 5.82 Å². The number of aryl methyl sites for hydroxylation is 1. The van der Waals surface area contributed by atoms with Gasteiger partial charge in [-0.1, -0.05) is 36.8 Å². The van der Waals surface area contributed by atoms with Crippen molar-refractivity contribution in [3.63, 3.8) is 0 Å². The Hall–Kier alpha value is -3.40. The molecule has 1 unspecified atom stereocenters. The van der Waals surface area contributed by atoms with Gasteiger partial charge in [0.25, 0.3) is 5.91 Å². The van der Waals surface area contributed by atoms with Gasteiger partial charge < -0.3 is 19.7 Å². The molecule has 6 nitrogen and oxygen atoms in total. The van der Waals surface area contributed by atoms with E-state index in [1.807, 2.05) is 34.6 Å². The quantitative estimate of drug-likeness (QED) is 0.362. The number of hydrogen-bond acceptors (Lipinski definition) is 3. The molecule has 0 saturated carbocycles. The molecule has 2 aliphatic heterocycles. The number of hydrogen-bond donors (Lipinski definition) is 1. The van der Waals surface area contributed by atoms with Crippen molar-refractivity contribution in [2.75, 3.05) is 26.7 Å². The van der Waals surface area contributed by atoms with Crippen molar-refractivity contribution in [3.05, 3.63) is 71.2 Å². The molecule has 0 spiro atoms. The third kappa shape index (κ3) is 6.58. The van der Waals surface area contributed by atoms with E-state index in [1.54, 1.807) is 0 Å². The van der Waals surface area contributed by atoms with Gasteiger partial charge in [0.2, 0.25) is 0 Å². The molecular weight excluding hydrogens is 536 g/mol. The lowest BCUT2D eigenvalue weighted by Crippen LogP contribution is -2.38. The first-order valence-electron chi connectivity index (χ1n) is 14.3. The van der Waals surface area contributed by atoms with Crippen LogP contribution in [0.2, 0.25) is 0 Å². The minimum Gasteiger partial charge on any atom is -0.347 e. The van der Waals surface area contributed by atoms with Gasteiger partial charge in [0.1, 0.15) is 5.82 Å². The van der Waals surface area contributed by atoms with E-state index in [0.717, 1.165) is 30.4 Å². The fraction of sp³-hybridized carbons (Fsp3) is 0.484. The lowest BCUT2D eigenvalue weighted by atomic mass is 9.88. The van der Waals surface area contributed by atoms with Crippen molar-refractivity contribution in [1.82, 2.24) is 19.7 Å². The molecule has 0 radical (unpaired) electrons. The number of fused-ring (bicyclic) bond motifs is 1. The third-order valence-corrected chi connectivity index (χ3v) is 8.64. The van der Waals surface area contributed by atoms with E-state index in [2.05, 4.69) is 22.6 Å². The molecule has 2 saturated heterocycles. The van der Waals surface area contributed by atoms with Crippen molar-refractivity contribution < 1.29 is 27.2 Å². The predicted octanol–water partition coefficient (Wildman–Crippen LogP) is 5.85. The molecule has 2 amide bonds. The average Bonchev–Trinajstić information content (AvgIpc) is 3.34. The molecule has 1 N–H and O–H groups in total. The molecule has 1 aromatic heterocycles. The zero-order valence-corrected chi connectivity index (χ0v) is 23.2. The molecule has 220 valence electrons. The second kappa shape index (κ2) is 12.2. The fourth-order valence-electron chi connectivity index (χ4n) is 6.26. The number of aromatic nitrogens is 1. The van der Waals surface area contributed by atoms with Gasteiger partial charge >= 0.3 is 12.1 Å². The van der Waals surface area contributed by atoms with E-state index in [4.69, 9.17) is 0 Å². The van der Waals surface area contributed by atoms with Crippen molar-refractivity contribution in [1.29, 1.82) is 0 Å². The molecule has 1 atom stereocenters. The maximum absolute atomic E-state index is 14.7. The van der Waals surface area contributed by atoms with Crippen LogP contribution in [0.25, 0.3) is 10.9 Å². The van der Waals surface area contributed by atoms with Crippen LogP contribution in [0.3, 0.4) is 0 Å². The number of likely N-dealkylation sites (tertiary alicyclic amines) is 2. The first-order chi connectivity index (χ1) is 19.6. The zero-order chi connectivity index (χ0) is 29.1. The summed E-state index contributed by atoms with van der Waals surface area (Å²) in [5.41, 5.74) is 2.51. The van der Waals surface area contributed by atoms with Crippen LogP contribution in [0.5, 0.6) is 0 Å². The first kappa shape index (κ1) is 29.1. The minimum atomic E-state index is -4.97. The number of carbonyl (C=O) groups is 2.